The second-order valence-electron chi connectivity index (χ2n) is 18.6. The number of rotatable bonds is 7. The maximum Gasteiger partial charge on any atom is 0.170 e. The van der Waals surface area contributed by atoms with E-state index in [1.165, 1.54) is 12.8 Å². The van der Waals surface area contributed by atoms with E-state index in [1.807, 2.05) is 0 Å². The number of fused-ring (bicyclic) bond motifs is 4. The van der Waals surface area contributed by atoms with Gasteiger partial charge in [0.25, 0.3) is 0 Å². The van der Waals surface area contributed by atoms with Crippen molar-refractivity contribution in [3.63, 3.8) is 0 Å². The number of aliphatic hydroxyl groups is 5. The van der Waals surface area contributed by atoms with Gasteiger partial charge in [-0.1, -0.05) is 34.6 Å². The average Bonchev–Trinajstić information content (AvgIpc) is 3.63. The first-order chi connectivity index (χ1) is 21.5. The van der Waals surface area contributed by atoms with Crippen LogP contribution in [-0.4, -0.2) is 112 Å². The van der Waals surface area contributed by atoms with Gasteiger partial charge in [0, 0.05) is 12.0 Å². The third-order valence-corrected chi connectivity index (χ3v) is 16.2. The highest BCUT2D eigenvalue weighted by Crippen LogP contribution is 2.89. The van der Waals surface area contributed by atoms with Crippen LogP contribution in [-0.2, 0) is 14.2 Å². The molecule has 9 heteroatoms. The van der Waals surface area contributed by atoms with Crippen LogP contribution in [0.1, 0.15) is 99.8 Å². The fourth-order valence-electron chi connectivity index (χ4n) is 13.7. The smallest absolute Gasteiger partial charge is 0.170 e. The summed E-state index contributed by atoms with van der Waals surface area (Å²) in [5, 5.41) is 53.5. The summed E-state index contributed by atoms with van der Waals surface area (Å²) in [5.41, 5.74) is -1.08. The third-order valence-electron chi connectivity index (χ3n) is 16.2. The van der Waals surface area contributed by atoms with Crippen molar-refractivity contribution < 1.29 is 39.7 Å². The van der Waals surface area contributed by atoms with Crippen molar-refractivity contribution in [2.75, 3.05) is 32.9 Å². The predicted molar refractivity (Wildman–Crippen MR) is 173 cm³/mol. The quantitative estimate of drug-likeness (QED) is 0.282. The van der Waals surface area contributed by atoms with E-state index >= 15 is 0 Å². The van der Waals surface area contributed by atoms with Crippen molar-refractivity contribution in [2.45, 2.75) is 148 Å². The average molecular weight is 650 g/mol. The van der Waals surface area contributed by atoms with Crippen LogP contribution < -0.4 is 0 Å². The van der Waals surface area contributed by atoms with Gasteiger partial charge in [-0.2, -0.15) is 0 Å². The zero-order valence-corrected chi connectivity index (χ0v) is 29.5. The van der Waals surface area contributed by atoms with Crippen molar-refractivity contribution in [3.8, 4) is 0 Å². The molecule has 14 atom stereocenters. The number of nitrogens with zero attached hydrogens (tertiary/aromatic N) is 1. The molecule has 0 radical (unpaired) electrons. The van der Waals surface area contributed by atoms with E-state index in [9.17, 15) is 25.5 Å². The van der Waals surface area contributed by atoms with Gasteiger partial charge in [0.2, 0.25) is 0 Å². The maximum absolute atomic E-state index is 12.4. The van der Waals surface area contributed by atoms with E-state index in [1.54, 1.807) is 13.8 Å². The summed E-state index contributed by atoms with van der Waals surface area (Å²) in [4.78, 5) is 2.09. The minimum Gasteiger partial charge on any atom is -0.395 e. The van der Waals surface area contributed by atoms with Gasteiger partial charge < -0.3 is 39.7 Å². The molecule has 5 aliphatic carbocycles. The monoisotopic (exact) mass is 649 g/mol. The van der Waals surface area contributed by atoms with Crippen LogP contribution in [0.25, 0.3) is 0 Å². The molecule has 10 unspecified atom stereocenters. The SMILES string of the molecule is C[C@@H]1CC(C(O)C(C)(C)O)OC2C1C1(C)CCC34CC35CCC(OC3CN(C(CO)CO)CCO3)C(C)(C)[C@@H]5CCC4[C@]1(C)[C@H]2O. The summed E-state index contributed by atoms with van der Waals surface area (Å²) in [6.07, 6.45) is 5.99. The van der Waals surface area contributed by atoms with Gasteiger partial charge in [-0.25, -0.2) is 0 Å². The predicted octanol–water partition coefficient (Wildman–Crippen LogP) is 3.33. The number of ether oxygens (including phenoxy) is 3. The first-order valence-corrected chi connectivity index (χ1v) is 18.5. The maximum atomic E-state index is 12.4. The number of aliphatic hydroxyl groups excluding tert-OH is 4. The molecule has 2 saturated heterocycles. The van der Waals surface area contributed by atoms with Gasteiger partial charge in [0.1, 0.15) is 6.10 Å². The Morgan fingerprint density at radius 2 is 1.65 bits per heavy atom. The standard InChI is InChI=1S/C37H63NO8/c1-21-16-23(30(41)33(4,5)43)45-29-28(21)34(6)12-13-37-20-36(37)11-10-26(46-27-17-38(14-15-44-27)22(18-39)19-40)32(2,3)24(36)8-9-25(37)35(34,7)31(29)42/h21-31,39-43H,8-20H2,1-7H3/t21-,23?,24+,25?,26?,27?,28?,29?,30?,31+,34?,35-,36?,37?/m1/s1. The minimum absolute atomic E-state index is 0.0201. The van der Waals surface area contributed by atoms with Crippen LogP contribution in [0.3, 0.4) is 0 Å². The van der Waals surface area contributed by atoms with Gasteiger partial charge in [-0.3, -0.25) is 4.90 Å². The molecule has 2 spiro atoms. The molecule has 5 saturated carbocycles. The van der Waals surface area contributed by atoms with E-state index < -0.39 is 23.9 Å². The van der Waals surface area contributed by atoms with Crippen LogP contribution in [0.4, 0.5) is 0 Å². The molecule has 9 nitrogen and oxygen atoms in total. The van der Waals surface area contributed by atoms with Gasteiger partial charge in [-0.05, 0) is 111 Å². The van der Waals surface area contributed by atoms with E-state index in [0.29, 0.717) is 38.0 Å². The first-order valence-electron chi connectivity index (χ1n) is 18.5. The Morgan fingerprint density at radius 1 is 0.978 bits per heavy atom. The Kier molecular flexibility index (Phi) is 8.21. The molecule has 0 aromatic carbocycles. The molecule has 7 rings (SSSR count). The van der Waals surface area contributed by atoms with Gasteiger partial charge in [0.15, 0.2) is 6.29 Å². The van der Waals surface area contributed by atoms with Gasteiger partial charge in [-0.15, -0.1) is 0 Å². The van der Waals surface area contributed by atoms with E-state index in [-0.39, 0.29) is 76.7 Å². The highest BCUT2D eigenvalue weighted by molar-refractivity contribution is 5.33. The van der Waals surface area contributed by atoms with E-state index in [2.05, 4.69) is 39.5 Å². The van der Waals surface area contributed by atoms with Crippen LogP contribution in [0, 0.1) is 50.7 Å². The van der Waals surface area contributed by atoms with Crippen LogP contribution >= 0.6 is 0 Å². The summed E-state index contributed by atoms with van der Waals surface area (Å²) in [7, 11) is 0. The van der Waals surface area contributed by atoms with Crippen molar-refractivity contribution in [3.05, 3.63) is 0 Å². The van der Waals surface area contributed by atoms with Crippen LogP contribution in [0.2, 0.25) is 0 Å². The Hall–Kier alpha value is -0.360. The lowest BCUT2D eigenvalue weighted by Crippen LogP contribution is -2.60. The lowest BCUT2D eigenvalue weighted by molar-refractivity contribution is -0.252. The van der Waals surface area contributed by atoms with Crippen LogP contribution in [0.15, 0.2) is 0 Å². The molecule has 0 aromatic heterocycles. The minimum atomic E-state index is -1.26. The summed E-state index contributed by atoms with van der Waals surface area (Å²) < 4.78 is 19.5. The number of hydrogen-bond acceptors (Lipinski definition) is 9. The summed E-state index contributed by atoms with van der Waals surface area (Å²) >= 11 is 0. The molecule has 0 aromatic rings. The molecule has 0 amide bonds. The Bertz CT molecular complexity index is 1160. The van der Waals surface area contributed by atoms with Crippen molar-refractivity contribution in [1.82, 2.24) is 4.90 Å². The van der Waals surface area contributed by atoms with Gasteiger partial charge >= 0.3 is 0 Å². The van der Waals surface area contributed by atoms with E-state index in [4.69, 9.17) is 14.2 Å². The molecule has 264 valence electrons. The fraction of sp³-hybridized carbons (Fsp3) is 1.00. The van der Waals surface area contributed by atoms with Crippen molar-refractivity contribution >= 4 is 0 Å². The number of hydrogen-bond donors (Lipinski definition) is 5. The molecule has 2 heterocycles. The summed E-state index contributed by atoms with van der Waals surface area (Å²) in [5.74, 6) is 1.50. The highest BCUT2D eigenvalue weighted by atomic mass is 16.7. The Balaban J connectivity index is 1.11. The van der Waals surface area contributed by atoms with Crippen molar-refractivity contribution in [2.24, 2.45) is 50.7 Å². The molecular formula is C37H63NO8. The topological polar surface area (TPSA) is 132 Å². The normalized spacial score (nSPS) is 52.2. The fourth-order valence-corrected chi connectivity index (χ4v) is 13.7. The van der Waals surface area contributed by atoms with Crippen LogP contribution in [0.5, 0.6) is 0 Å². The zero-order chi connectivity index (χ0) is 33.2. The molecule has 2 aliphatic heterocycles. The third kappa shape index (κ3) is 4.44. The Morgan fingerprint density at radius 3 is 2.33 bits per heavy atom. The molecular weight excluding hydrogens is 586 g/mol. The second-order valence-corrected chi connectivity index (χ2v) is 18.6. The first kappa shape index (κ1) is 34.1. The van der Waals surface area contributed by atoms with E-state index in [0.717, 1.165) is 32.1 Å². The molecule has 7 fully saturated rings. The molecule has 46 heavy (non-hydrogen) atoms. The summed E-state index contributed by atoms with van der Waals surface area (Å²) in [6, 6.07) is -0.279. The highest BCUT2D eigenvalue weighted by Gasteiger charge is 2.84. The molecule has 7 aliphatic rings. The lowest BCUT2D eigenvalue weighted by Gasteiger charge is -2.64. The second kappa shape index (κ2) is 11.1. The van der Waals surface area contributed by atoms with Crippen molar-refractivity contribution in [1.29, 1.82) is 0 Å². The number of morpholine rings is 1. The largest absolute Gasteiger partial charge is 0.395 e. The lowest BCUT2D eigenvalue weighted by atomic mass is 9.41. The summed E-state index contributed by atoms with van der Waals surface area (Å²) in [6.45, 7) is 16.9. The van der Waals surface area contributed by atoms with Gasteiger partial charge in [0.05, 0.1) is 62.4 Å². The zero-order valence-electron chi connectivity index (χ0n) is 29.5. The molecule has 0 bridgehead atoms. The Labute approximate surface area is 276 Å². The molecule has 5 N–H and O–H groups in total.